The Hall–Kier alpha value is -3.87. The highest BCUT2D eigenvalue weighted by Crippen LogP contribution is 2.41. The summed E-state index contributed by atoms with van der Waals surface area (Å²) in [5.74, 6) is -3.47. The zero-order valence-corrected chi connectivity index (χ0v) is 23.4. The number of likely N-dealkylation sites (tertiary alicyclic amines) is 1. The number of hydrogen-bond acceptors (Lipinski definition) is 7. The molecule has 1 atom stereocenters. The van der Waals surface area contributed by atoms with E-state index in [0.29, 0.717) is 43.7 Å². The zero-order chi connectivity index (χ0) is 30.8. The van der Waals surface area contributed by atoms with Gasteiger partial charge < -0.3 is 29.5 Å². The molecule has 228 valence electrons. The molecular weight excluding hydrogens is 596 g/mol. The van der Waals surface area contributed by atoms with Crippen LogP contribution in [0.3, 0.4) is 0 Å². The minimum Gasteiger partial charge on any atom is -0.489 e. The molecule has 43 heavy (non-hydrogen) atoms. The second-order valence-corrected chi connectivity index (χ2v) is 10.9. The van der Waals surface area contributed by atoms with Gasteiger partial charge in [-0.15, -0.1) is 0 Å². The Labute approximate surface area is 249 Å². The van der Waals surface area contributed by atoms with Gasteiger partial charge in [0, 0.05) is 56.1 Å². The number of carbonyl (C=O) groups excluding carboxylic acids is 2. The third-order valence-corrected chi connectivity index (χ3v) is 7.58. The van der Waals surface area contributed by atoms with Gasteiger partial charge in [0.15, 0.2) is 5.75 Å². The van der Waals surface area contributed by atoms with Crippen LogP contribution in [0, 0.1) is 5.82 Å². The van der Waals surface area contributed by atoms with Gasteiger partial charge in [0.25, 0.3) is 5.91 Å². The first kappa shape index (κ1) is 30.6. The number of aliphatic hydroxyl groups is 1. The van der Waals surface area contributed by atoms with E-state index < -0.39 is 35.5 Å². The number of fused-ring (bicyclic) bond motifs is 1. The van der Waals surface area contributed by atoms with E-state index in [-0.39, 0.29) is 35.4 Å². The van der Waals surface area contributed by atoms with Crippen molar-refractivity contribution in [2.75, 3.05) is 31.6 Å². The summed E-state index contributed by atoms with van der Waals surface area (Å²) in [5, 5.41) is 12.9. The highest BCUT2D eigenvalue weighted by Gasteiger charge is 2.43. The molecule has 8 nitrogen and oxygen atoms in total. The average Bonchev–Trinajstić information content (AvgIpc) is 3.31. The molecule has 0 saturated carbocycles. The van der Waals surface area contributed by atoms with Crippen LogP contribution in [0.1, 0.15) is 28.8 Å². The largest absolute Gasteiger partial charge is 0.491 e. The summed E-state index contributed by atoms with van der Waals surface area (Å²) in [6, 6.07) is 14.7. The van der Waals surface area contributed by atoms with Crippen LogP contribution in [0.25, 0.3) is 0 Å². The summed E-state index contributed by atoms with van der Waals surface area (Å²) in [4.78, 5) is 26.2. The fourth-order valence-electron chi connectivity index (χ4n) is 5.13. The number of rotatable bonds is 8. The van der Waals surface area contributed by atoms with E-state index in [9.17, 15) is 32.3 Å². The van der Waals surface area contributed by atoms with Crippen molar-refractivity contribution >= 4 is 29.2 Å². The van der Waals surface area contributed by atoms with Gasteiger partial charge in [-0.2, -0.15) is 13.2 Å². The number of β-amino-alcohol motifs (C(OH)–C–C–N with tert-alkyl or cyclic N) is 1. The van der Waals surface area contributed by atoms with E-state index in [2.05, 4.69) is 10.1 Å². The minimum atomic E-state index is -5.27. The van der Waals surface area contributed by atoms with Crippen molar-refractivity contribution in [3.63, 3.8) is 0 Å². The van der Waals surface area contributed by atoms with Crippen LogP contribution in [0.2, 0.25) is 5.02 Å². The van der Waals surface area contributed by atoms with Crippen LogP contribution in [0.5, 0.6) is 17.2 Å². The van der Waals surface area contributed by atoms with Gasteiger partial charge in [0.1, 0.15) is 35.6 Å². The van der Waals surface area contributed by atoms with Crippen molar-refractivity contribution in [1.82, 2.24) is 4.90 Å². The number of benzene rings is 3. The van der Waals surface area contributed by atoms with E-state index in [1.54, 1.807) is 36.4 Å². The number of carbonyl (C=O) groups is 2. The smallest absolute Gasteiger partial charge is 0.489 e. The van der Waals surface area contributed by atoms with Crippen LogP contribution < -0.4 is 19.5 Å². The van der Waals surface area contributed by atoms with Gasteiger partial charge in [-0.1, -0.05) is 29.8 Å². The van der Waals surface area contributed by atoms with Crippen molar-refractivity contribution in [2.24, 2.45) is 0 Å². The van der Waals surface area contributed by atoms with E-state index in [1.807, 2.05) is 4.90 Å². The number of halogens is 5. The molecule has 2 aliphatic rings. The lowest BCUT2D eigenvalue weighted by Gasteiger charge is -2.39. The van der Waals surface area contributed by atoms with E-state index in [1.165, 1.54) is 12.1 Å². The number of nitrogens with one attached hydrogen (secondary N) is 1. The lowest BCUT2D eigenvalue weighted by atomic mass is 9.87. The number of nitrogens with zero attached hydrogens (tertiary/aromatic N) is 1. The van der Waals surface area contributed by atoms with Crippen molar-refractivity contribution in [2.45, 2.75) is 37.1 Å². The Morgan fingerprint density at radius 3 is 2.49 bits per heavy atom. The highest BCUT2D eigenvalue weighted by atomic mass is 35.5. The molecular formula is C30H27ClF4N2O6. The first-order valence-electron chi connectivity index (χ1n) is 13.4. The Balaban J connectivity index is 1.23. The van der Waals surface area contributed by atoms with Crippen molar-refractivity contribution < 1.29 is 46.5 Å². The molecule has 3 aromatic rings. The maximum Gasteiger partial charge on any atom is 0.491 e. The first-order chi connectivity index (χ1) is 20.4. The molecule has 0 unspecified atom stereocenters. The van der Waals surface area contributed by atoms with E-state index >= 15 is 0 Å². The molecule has 5 rings (SSSR count). The molecule has 0 aromatic heterocycles. The van der Waals surface area contributed by atoms with Gasteiger partial charge in [-0.05, 0) is 36.4 Å². The molecule has 2 heterocycles. The predicted molar refractivity (Wildman–Crippen MR) is 148 cm³/mol. The molecule has 2 aliphatic heterocycles. The normalized spacial score (nSPS) is 16.7. The van der Waals surface area contributed by atoms with Crippen molar-refractivity contribution in [1.29, 1.82) is 0 Å². The van der Waals surface area contributed by atoms with E-state index in [4.69, 9.17) is 21.1 Å². The fraction of sp³-hybridized carbons (Fsp3) is 0.333. The Morgan fingerprint density at radius 1 is 1.07 bits per heavy atom. The van der Waals surface area contributed by atoms with Crippen molar-refractivity contribution in [3.05, 3.63) is 82.6 Å². The molecule has 13 heteroatoms. The quantitative estimate of drug-likeness (QED) is 0.197. The predicted octanol–water partition coefficient (Wildman–Crippen LogP) is 5.41. The number of hydrogen-bond donors (Lipinski definition) is 2. The summed E-state index contributed by atoms with van der Waals surface area (Å²) in [7, 11) is 0. The SMILES string of the molecule is O=C(Nc1cc(Cl)c(OC(=O)C(F)(F)F)cc1OC[C@@H](O)CN1CCC2(CC1)Cc1cc(F)ccc1O2)c1ccccc1. The highest BCUT2D eigenvalue weighted by molar-refractivity contribution is 6.32. The van der Waals surface area contributed by atoms with Crippen LogP contribution >= 0.6 is 11.6 Å². The Kier molecular flexibility index (Phi) is 8.81. The average molecular weight is 623 g/mol. The molecule has 0 aliphatic carbocycles. The first-order valence-corrected chi connectivity index (χ1v) is 13.8. The van der Waals surface area contributed by atoms with Gasteiger partial charge in [-0.25, -0.2) is 9.18 Å². The molecule has 0 radical (unpaired) electrons. The lowest BCUT2D eigenvalue weighted by molar-refractivity contribution is -0.189. The van der Waals surface area contributed by atoms with Crippen LogP contribution in [-0.4, -0.2) is 66.0 Å². The monoisotopic (exact) mass is 622 g/mol. The molecule has 1 amide bonds. The van der Waals surface area contributed by atoms with Gasteiger partial charge in [0.05, 0.1) is 10.7 Å². The maximum atomic E-state index is 13.6. The summed E-state index contributed by atoms with van der Waals surface area (Å²) in [6.45, 7) is 1.12. The van der Waals surface area contributed by atoms with Gasteiger partial charge in [0.2, 0.25) is 0 Å². The number of aliphatic hydroxyl groups excluding tert-OH is 1. The maximum absolute atomic E-state index is 13.6. The number of piperidine rings is 1. The third-order valence-electron chi connectivity index (χ3n) is 7.28. The number of ether oxygens (including phenoxy) is 3. The van der Waals surface area contributed by atoms with Crippen LogP contribution in [0.4, 0.5) is 23.2 Å². The lowest BCUT2D eigenvalue weighted by Crippen LogP contribution is -2.49. The van der Waals surface area contributed by atoms with Gasteiger partial charge in [-0.3, -0.25) is 4.79 Å². The number of esters is 1. The summed E-state index contributed by atoms with van der Waals surface area (Å²) in [6.07, 6.45) is -4.36. The topological polar surface area (TPSA) is 97.3 Å². The minimum absolute atomic E-state index is 0.00726. The molecule has 1 fully saturated rings. The van der Waals surface area contributed by atoms with Gasteiger partial charge >= 0.3 is 12.1 Å². The second kappa shape index (κ2) is 12.4. The molecule has 2 N–H and O–H groups in total. The number of alkyl halides is 3. The number of amides is 1. The zero-order valence-electron chi connectivity index (χ0n) is 22.6. The Morgan fingerprint density at radius 2 is 1.79 bits per heavy atom. The molecule has 1 saturated heterocycles. The molecule has 0 bridgehead atoms. The standard InChI is InChI=1S/C30H27ClF4N2O6/c31-22-13-23(36-27(39)18-4-2-1-3-5-18)26(14-25(22)42-28(40)30(33,34)35)41-17-21(38)16-37-10-8-29(9-11-37)15-19-12-20(32)6-7-24(19)43-29/h1-7,12-14,21,38H,8-11,15-17H2,(H,36,39)/t21-/m0/s1. The second-order valence-electron chi connectivity index (χ2n) is 10.5. The van der Waals surface area contributed by atoms with E-state index in [0.717, 1.165) is 17.7 Å². The summed E-state index contributed by atoms with van der Waals surface area (Å²) in [5.41, 5.74) is 0.694. The molecule has 3 aromatic carbocycles. The summed E-state index contributed by atoms with van der Waals surface area (Å²) >= 11 is 6.07. The van der Waals surface area contributed by atoms with Crippen molar-refractivity contribution in [3.8, 4) is 17.2 Å². The van der Waals surface area contributed by atoms with Crippen LogP contribution in [-0.2, 0) is 11.2 Å². The Bertz CT molecular complexity index is 1500. The fourth-order valence-corrected chi connectivity index (χ4v) is 5.33. The summed E-state index contributed by atoms with van der Waals surface area (Å²) < 4.78 is 68.3. The number of anilines is 1. The van der Waals surface area contributed by atoms with Crippen LogP contribution in [0.15, 0.2) is 60.7 Å². The third kappa shape index (κ3) is 7.38. The molecule has 1 spiro atoms.